The molecule has 0 saturated carbocycles. The van der Waals surface area contributed by atoms with Crippen LogP contribution in [0.25, 0.3) is 0 Å². The van der Waals surface area contributed by atoms with Crippen molar-refractivity contribution < 1.29 is 4.74 Å². The maximum Gasteiger partial charge on any atom is 0.193 e. The molecule has 1 rings (SSSR count). The van der Waals surface area contributed by atoms with Gasteiger partial charge < -0.3 is 10.1 Å². The molecule has 8 heteroatoms. The second-order valence-electron chi connectivity index (χ2n) is 3.47. The molecule has 0 radical (unpaired) electrons. The van der Waals surface area contributed by atoms with E-state index in [1.54, 1.807) is 25.4 Å². The number of hydrogen-bond donors (Lipinski definition) is 1. The quantitative estimate of drug-likeness (QED) is 0.310. The topological polar surface area (TPSA) is 36.9 Å². The second kappa shape index (κ2) is 7.56. The van der Waals surface area contributed by atoms with Crippen molar-refractivity contribution in [3.8, 4) is 5.75 Å². The smallest absolute Gasteiger partial charge is 0.193 e. The van der Waals surface area contributed by atoms with E-state index in [0.717, 1.165) is 11.4 Å². The van der Waals surface area contributed by atoms with E-state index in [9.17, 15) is 0 Å². The number of nitrogens with zero attached hydrogens (tertiary/aromatic N) is 2. The Balaban J connectivity index is 2.61. The zero-order chi connectivity index (χ0) is 14.5. The molecule has 104 valence electrons. The summed E-state index contributed by atoms with van der Waals surface area (Å²) in [4.78, 5) is 0. The van der Waals surface area contributed by atoms with Gasteiger partial charge in [-0.25, -0.2) is 5.01 Å². The molecule has 0 fully saturated rings. The Labute approximate surface area is 143 Å². The molecule has 0 aliphatic heterocycles. The van der Waals surface area contributed by atoms with Crippen molar-refractivity contribution in [1.82, 2.24) is 5.01 Å². The van der Waals surface area contributed by atoms with Crippen LogP contribution in [0.2, 0.25) is 0 Å². The molecule has 0 aromatic heterocycles. The van der Waals surface area contributed by atoms with Crippen molar-refractivity contribution in [2.45, 2.75) is 2.14 Å². The van der Waals surface area contributed by atoms with Gasteiger partial charge in [0.1, 0.15) is 5.75 Å². The SMILES string of the molecule is COc1ccc(NC(=S)N(C)/N=C/C(Br)(Br)Br)cc1. The number of hydrazone groups is 1. The van der Waals surface area contributed by atoms with E-state index >= 15 is 0 Å². The highest BCUT2D eigenvalue weighted by Gasteiger charge is 2.14. The largest absolute Gasteiger partial charge is 0.497 e. The van der Waals surface area contributed by atoms with Crippen molar-refractivity contribution in [1.29, 1.82) is 0 Å². The van der Waals surface area contributed by atoms with Crippen LogP contribution in [0.4, 0.5) is 5.69 Å². The predicted molar refractivity (Wildman–Crippen MR) is 95.0 cm³/mol. The van der Waals surface area contributed by atoms with Crippen molar-refractivity contribution >= 4 is 77.0 Å². The van der Waals surface area contributed by atoms with E-state index < -0.39 is 2.14 Å². The van der Waals surface area contributed by atoms with Crippen molar-refractivity contribution in [3.05, 3.63) is 24.3 Å². The zero-order valence-corrected chi connectivity index (χ0v) is 15.8. The molecule has 1 N–H and O–H groups in total. The number of benzene rings is 1. The van der Waals surface area contributed by atoms with E-state index in [4.69, 9.17) is 17.0 Å². The molecule has 1 aromatic carbocycles. The van der Waals surface area contributed by atoms with Gasteiger partial charge >= 0.3 is 0 Å². The van der Waals surface area contributed by atoms with E-state index in [1.807, 2.05) is 24.3 Å². The van der Waals surface area contributed by atoms with Crippen molar-refractivity contribution in [2.24, 2.45) is 5.10 Å². The van der Waals surface area contributed by atoms with Gasteiger partial charge in [0.2, 0.25) is 0 Å². The Hall–Kier alpha value is -0.180. The highest BCUT2D eigenvalue weighted by Crippen LogP contribution is 2.30. The molecule has 0 aliphatic carbocycles. The first-order chi connectivity index (χ1) is 8.81. The minimum absolute atomic E-state index is 0.484. The normalized spacial score (nSPS) is 11.4. The van der Waals surface area contributed by atoms with Crippen LogP contribution >= 0.6 is 60.0 Å². The molecule has 0 aliphatic rings. The van der Waals surface area contributed by atoms with Gasteiger partial charge in [0.05, 0.1) is 13.3 Å². The molecule has 4 nitrogen and oxygen atoms in total. The van der Waals surface area contributed by atoms with Crippen LogP contribution in [0.1, 0.15) is 0 Å². The minimum atomic E-state index is -0.531. The van der Waals surface area contributed by atoms with E-state index in [-0.39, 0.29) is 0 Å². The molecule has 0 spiro atoms. The Kier molecular flexibility index (Phi) is 6.72. The molecule has 0 unspecified atom stereocenters. The third-order valence-corrected chi connectivity index (χ3v) is 2.99. The lowest BCUT2D eigenvalue weighted by molar-refractivity contribution is 0.415. The lowest BCUT2D eigenvalue weighted by Gasteiger charge is -2.16. The number of hydrogen-bond acceptors (Lipinski definition) is 3. The summed E-state index contributed by atoms with van der Waals surface area (Å²) in [5, 5.41) is 9.27. The van der Waals surface area contributed by atoms with Crippen LogP contribution in [0.15, 0.2) is 29.4 Å². The van der Waals surface area contributed by atoms with Gasteiger partial charge in [-0.1, -0.05) is 47.8 Å². The summed E-state index contributed by atoms with van der Waals surface area (Å²) in [7, 11) is 3.39. The Morgan fingerprint density at radius 2 is 1.95 bits per heavy atom. The number of methoxy groups -OCH3 is 1. The third kappa shape index (κ3) is 6.69. The monoisotopic (exact) mass is 471 g/mol. The fourth-order valence-corrected chi connectivity index (χ4v) is 1.52. The average molecular weight is 474 g/mol. The minimum Gasteiger partial charge on any atom is -0.497 e. The highest BCUT2D eigenvalue weighted by molar-refractivity contribution is 9.40. The highest BCUT2D eigenvalue weighted by atomic mass is 80.0. The Morgan fingerprint density at radius 3 is 2.42 bits per heavy atom. The maximum atomic E-state index is 5.23. The van der Waals surface area contributed by atoms with Crippen molar-refractivity contribution in [3.63, 3.8) is 0 Å². The lowest BCUT2D eigenvalue weighted by atomic mass is 10.3. The fourth-order valence-electron chi connectivity index (χ4n) is 1.08. The molecule has 1 aromatic rings. The third-order valence-electron chi connectivity index (χ3n) is 2.01. The molecular weight excluding hydrogens is 462 g/mol. The van der Waals surface area contributed by atoms with Gasteiger partial charge in [-0.2, -0.15) is 5.10 Å². The van der Waals surface area contributed by atoms with Crippen molar-refractivity contribution in [2.75, 3.05) is 19.5 Å². The standard InChI is InChI=1S/C11H12Br3N3OS/c1-17(15-7-11(12,13)14)10(19)16-8-3-5-9(18-2)6-4-8/h3-7H,1-2H3,(H,16,19)/b15-7+. The van der Waals surface area contributed by atoms with Crippen LogP contribution in [0, 0.1) is 0 Å². The van der Waals surface area contributed by atoms with Gasteiger partial charge in [0.15, 0.2) is 7.26 Å². The summed E-state index contributed by atoms with van der Waals surface area (Å²) >= 11 is 15.2. The summed E-state index contributed by atoms with van der Waals surface area (Å²) in [5.74, 6) is 0.797. The number of nitrogens with one attached hydrogen (secondary N) is 1. The molecule has 0 bridgehead atoms. The molecule has 0 atom stereocenters. The number of ether oxygens (including phenoxy) is 1. The summed E-state index contributed by atoms with van der Waals surface area (Å²) in [6.07, 6.45) is 1.62. The van der Waals surface area contributed by atoms with Gasteiger partial charge in [-0.05, 0) is 36.5 Å². The molecule has 0 heterocycles. The Bertz CT molecular complexity index is 459. The summed E-state index contributed by atoms with van der Waals surface area (Å²) in [6.45, 7) is 0. The van der Waals surface area contributed by atoms with Crippen LogP contribution < -0.4 is 10.1 Å². The van der Waals surface area contributed by atoms with E-state index in [2.05, 4.69) is 58.2 Å². The number of thiocarbonyl (C=S) groups is 1. The average Bonchev–Trinajstić information content (AvgIpc) is 2.36. The molecule has 0 amide bonds. The van der Waals surface area contributed by atoms with Gasteiger partial charge in [0.25, 0.3) is 0 Å². The Morgan fingerprint density at radius 1 is 1.37 bits per heavy atom. The summed E-state index contributed by atoms with van der Waals surface area (Å²) < 4.78 is 4.56. The van der Waals surface area contributed by atoms with E-state index in [1.165, 1.54) is 0 Å². The summed E-state index contributed by atoms with van der Waals surface area (Å²) in [5.41, 5.74) is 0.871. The van der Waals surface area contributed by atoms with Crippen LogP contribution in [-0.2, 0) is 0 Å². The van der Waals surface area contributed by atoms with Gasteiger partial charge in [-0.15, -0.1) is 0 Å². The van der Waals surface area contributed by atoms with E-state index in [0.29, 0.717) is 5.11 Å². The molecular formula is C11H12Br3N3OS. The lowest BCUT2D eigenvalue weighted by Crippen LogP contribution is -2.27. The maximum absolute atomic E-state index is 5.23. The first-order valence-electron chi connectivity index (χ1n) is 5.12. The number of anilines is 1. The van der Waals surface area contributed by atoms with Gasteiger partial charge in [-0.3, -0.25) is 0 Å². The molecule has 0 saturated heterocycles. The molecule has 19 heavy (non-hydrogen) atoms. The predicted octanol–water partition coefficient (Wildman–Crippen LogP) is 4.15. The number of halogens is 3. The number of rotatable bonds is 3. The number of alkyl halides is 3. The first kappa shape index (κ1) is 16.9. The fraction of sp³-hybridized carbons (Fsp3) is 0.273. The van der Waals surface area contributed by atoms with Crippen LogP contribution in [0.5, 0.6) is 5.75 Å². The zero-order valence-electron chi connectivity index (χ0n) is 10.2. The second-order valence-corrected chi connectivity index (χ2v) is 10.8. The first-order valence-corrected chi connectivity index (χ1v) is 7.91. The summed E-state index contributed by atoms with van der Waals surface area (Å²) in [6, 6.07) is 7.47. The van der Waals surface area contributed by atoms with Crippen LogP contribution in [0.3, 0.4) is 0 Å². The van der Waals surface area contributed by atoms with Crippen LogP contribution in [-0.4, -0.2) is 32.6 Å². The van der Waals surface area contributed by atoms with Gasteiger partial charge in [0, 0.05) is 12.7 Å².